The van der Waals surface area contributed by atoms with Crippen molar-refractivity contribution in [3.05, 3.63) is 34.7 Å². The Morgan fingerprint density at radius 2 is 1.81 bits per heavy atom. The van der Waals surface area contributed by atoms with Crippen LogP contribution in [0.1, 0.15) is 37.3 Å². The van der Waals surface area contributed by atoms with Crippen molar-refractivity contribution in [3.63, 3.8) is 0 Å². The average Bonchev–Trinajstić information content (AvgIpc) is 2.83. The Kier molecular flexibility index (Phi) is 6.18. The second-order valence-corrected chi connectivity index (χ2v) is 6.14. The molecule has 0 amide bonds. The molecule has 0 radical (unpaired) electrons. The monoisotopic (exact) mass is 307 g/mol. The number of hydrogen-bond donors (Lipinski definition) is 1. The highest BCUT2D eigenvalue weighted by Crippen LogP contribution is 2.34. The van der Waals surface area contributed by atoms with E-state index in [4.69, 9.17) is 9.47 Å². The molecule has 3 nitrogen and oxygen atoms in total. The minimum Gasteiger partial charge on any atom is -0.352 e. The lowest BCUT2D eigenvalue weighted by Crippen LogP contribution is -2.33. The van der Waals surface area contributed by atoms with Crippen molar-refractivity contribution in [1.82, 2.24) is 5.32 Å². The Labute approximate surface area is 131 Å². The summed E-state index contributed by atoms with van der Waals surface area (Å²) in [6, 6.07) is 8.88. The van der Waals surface area contributed by atoms with Gasteiger partial charge in [0.2, 0.25) is 0 Å². The van der Waals surface area contributed by atoms with Crippen LogP contribution >= 0.6 is 11.3 Å². The fraction of sp³-hybridized carbons (Fsp3) is 0.529. The Morgan fingerprint density at radius 3 is 2.43 bits per heavy atom. The van der Waals surface area contributed by atoms with E-state index in [1.54, 1.807) is 0 Å². The topological polar surface area (TPSA) is 30.5 Å². The number of rotatable bonds is 8. The van der Waals surface area contributed by atoms with E-state index < -0.39 is 0 Å². The number of nitrogens with one attached hydrogen (secondary N) is 1. The van der Waals surface area contributed by atoms with E-state index in [9.17, 15) is 0 Å². The first-order chi connectivity index (χ1) is 10.2. The molecule has 1 N–H and O–H groups in total. The molecule has 0 spiro atoms. The van der Waals surface area contributed by atoms with E-state index >= 15 is 0 Å². The molecule has 0 saturated carbocycles. The first kappa shape index (κ1) is 16.4. The highest BCUT2D eigenvalue weighted by molar-refractivity contribution is 7.19. The van der Waals surface area contributed by atoms with Gasteiger partial charge in [-0.15, -0.1) is 11.3 Å². The summed E-state index contributed by atoms with van der Waals surface area (Å²) in [7, 11) is 0. The third-order valence-corrected chi connectivity index (χ3v) is 5.03. The molecule has 0 aliphatic heterocycles. The van der Waals surface area contributed by atoms with Gasteiger partial charge in [0.15, 0.2) is 6.29 Å². The van der Waals surface area contributed by atoms with Crippen molar-refractivity contribution >= 4 is 21.4 Å². The molecule has 1 atom stereocenters. The first-order valence-corrected chi connectivity index (χ1v) is 8.43. The standard InChI is InChI=1S/C17H25NO2S/c1-5-19-16(20-6-2)11-18-13(4)17-12(3)14-9-7-8-10-15(14)21-17/h7-10,13,16,18H,5-6,11H2,1-4H3. The summed E-state index contributed by atoms with van der Waals surface area (Å²) in [6.45, 7) is 10.4. The third kappa shape index (κ3) is 4.04. The number of benzene rings is 1. The molecule has 4 heteroatoms. The van der Waals surface area contributed by atoms with Gasteiger partial charge < -0.3 is 14.8 Å². The van der Waals surface area contributed by atoms with E-state index in [0.29, 0.717) is 25.8 Å². The van der Waals surface area contributed by atoms with Gasteiger partial charge in [0.1, 0.15) is 0 Å². The van der Waals surface area contributed by atoms with Crippen LogP contribution in [0.4, 0.5) is 0 Å². The van der Waals surface area contributed by atoms with Crippen LogP contribution in [0.15, 0.2) is 24.3 Å². The van der Waals surface area contributed by atoms with Gasteiger partial charge in [0.25, 0.3) is 0 Å². The van der Waals surface area contributed by atoms with E-state index in [1.165, 1.54) is 20.5 Å². The van der Waals surface area contributed by atoms with Crippen molar-refractivity contribution in [2.24, 2.45) is 0 Å². The summed E-state index contributed by atoms with van der Waals surface area (Å²) in [6.07, 6.45) is -0.169. The predicted molar refractivity (Wildman–Crippen MR) is 90.0 cm³/mol. The third-order valence-electron chi connectivity index (χ3n) is 3.57. The van der Waals surface area contributed by atoms with Gasteiger partial charge in [-0.2, -0.15) is 0 Å². The molecule has 21 heavy (non-hydrogen) atoms. The Hall–Kier alpha value is -0.940. The molecule has 0 aliphatic carbocycles. The van der Waals surface area contributed by atoms with Crippen molar-refractivity contribution in [2.75, 3.05) is 19.8 Å². The lowest BCUT2D eigenvalue weighted by molar-refractivity contribution is -0.133. The van der Waals surface area contributed by atoms with Crippen molar-refractivity contribution < 1.29 is 9.47 Å². The van der Waals surface area contributed by atoms with Gasteiger partial charge in [-0.3, -0.25) is 0 Å². The number of ether oxygens (including phenoxy) is 2. The fourth-order valence-corrected chi connectivity index (χ4v) is 3.75. The molecule has 2 rings (SSSR count). The fourth-order valence-electron chi connectivity index (χ4n) is 2.51. The number of hydrogen-bond acceptors (Lipinski definition) is 4. The second kappa shape index (κ2) is 7.90. The molecule has 1 aromatic carbocycles. The quantitative estimate of drug-likeness (QED) is 0.739. The van der Waals surface area contributed by atoms with E-state index in [-0.39, 0.29) is 6.29 Å². The molecular weight excluding hydrogens is 282 g/mol. The van der Waals surface area contributed by atoms with Crippen molar-refractivity contribution in [3.8, 4) is 0 Å². The molecule has 0 saturated heterocycles. The molecule has 1 unspecified atom stereocenters. The maximum absolute atomic E-state index is 5.58. The minimum absolute atomic E-state index is 0.169. The summed E-state index contributed by atoms with van der Waals surface area (Å²) in [5.41, 5.74) is 1.37. The van der Waals surface area contributed by atoms with E-state index in [0.717, 1.165) is 0 Å². The highest BCUT2D eigenvalue weighted by Gasteiger charge is 2.16. The van der Waals surface area contributed by atoms with Crippen LogP contribution in [0.2, 0.25) is 0 Å². The van der Waals surface area contributed by atoms with Crippen molar-refractivity contribution in [2.45, 2.75) is 40.0 Å². The minimum atomic E-state index is -0.169. The molecule has 1 aromatic heterocycles. The predicted octanol–water partition coefficient (Wildman–Crippen LogP) is 4.26. The SMILES string of the molecule is CCOC(CNC(C)c1sc2ccccc2c1C)OCC. The first-order valence-electron chi connectivity index (χ1n) is 7.62. The zero-order valence-electron chi connectivity index (χ0n) is 13.3. The van der Waals surface area contributed by atoms with Gasteiger partial charge in [-0.25, -0.2) is 0 Å². The molecule has 0 aliphatic rings. The van der Waals surface area contributed by atoms with Gasteiger partial charge in [0.05, 0.1) is 0 Å². The normalized spacial score (nSPS) is 13.2. The van der Waals surface area contributed by atoms with E-state index in [1.807, 2.05) is 25.2 Å². The summed E-state index contributed by atoms with van der Waals surface area (Å²) >= 11 is 1.87. The summed E-state index contributed by atoms with van der Waals surface area (Å²) in [5, 5.41) is 4.89. The smallest absolute Gasteiger partial charge is 0.169 e. The van der Waals surface area contributed by atoms with Crippen LogP contribution in [0.5, 0.6) is 0 Å². The highest BCUT2D eigenvalue weighted by atomic mass is 32.1. The van der Waals surface area contributed by atoms with Gasteiger partial charge in [0, 0.05) is 35.4 Å². The van der Waals surface area contributed by atoms with Crippen LogP contribution in [-0.4, -0.2) is 26.0 Å². The van der Waals surface area contributed by atoms with Crippen LogP contribution in [0.3, 0.4) is 0 Å². The summed E-state index contributed by atoms with van der Waals surface area (Å²) in [5.74, 6) is 0. The molecule has 0 fully saturated rings. The van der Waals surface area contributed by atoms with Gasteiger partial charge in [-0.1, -0.05) is 18.2 Å². The largest absolute Gasteiger partial charge is 0.352 e. The Balaban J connectivity index is 2.04. The lowest BCUT2D eigenvalue weighted by atomic mass is 10.1. The van der Waals surface area contributed by atoms with Gasteiger partial charge in [-0.05, 0) is 44.7 Å². The summed E-state index contributed by atoms with van der Waals surface area (Å²) < 4.78 is 12.5. The van der Waals surface area contributed by atoms with Crippen LogP contribution < -0.4 is 5.32 Å². The molecule has 2 aromatic rings. The maximum atomic E-state index is 5.58. The Bertz CT molecular complexity index is 561. The number of thiophene rings is 1. The molecular formula is C17H25NO2S. The van der Waals surface area contributed by atoms with Crippen LogP contribution in [0, 0.1) is 6.92 Å². The lowest BCUT2D eigenvalue weighted by Gasteiger charge is -2.20. The number of aryl methyl sites for hydroxylation is 1. The second-order valence-electron chi connectivity index (χ2n) is 5.06. The van der Waals surface area contributed by atoms with Gasteiger partial charge >= 0.3 is 0 Å². The zero-order chi connectivity index (χ0) is 15.2. The van der Waals surface area contributed by atoms with E-state index in [2.05, 4.69) is 43.4 Å². The molecule has 116 valence electrons. The van der Waals surface area contributed by atoms with Crippen LogP contribution in [0.25, 0.3) is 10.1 Å². The Morgan fingerprint density at radius 1 is 1.14 bits per heavy atom. The maximum Gasteiger partial charge on any atom is 0.169 e. The number of fused-ring (bicyclic) bond motifs is 1. The molecule has 0 bridgehead atoms. The summed E-state index contributed by atoms with van der Waals surface area (Å²) in [4.78, 5) is 1.39. The van der Waals surface area contributed by atoms with Crippen LogP contribution in [-0.2, 0) is 9.47 Å². The molecule has 1 heterocycles. The van der Waals surface area contributed by atoms with Crippen molar-refractivity contribution in [1.29, 1.82) is 0 Å². The zero-order valence-corrected chi connectivity index (χ0v) is 14.1. The average molecular weight is 307 g/mol.